The normalized spacial score (nSPS) is 12.4. The summed E-state index contributed by atoms with van der Waals surface area (Å²) in [5.74, 6) is 6.48. The van der Waals surface area contributed by atoms with Gasteiger partial charge in [-0.2, -0.15) is 11.3 Å². The molecule has 0 fully saturated rings. The van der Waals surface area contributed by atoms with Gasteiger partial charge in [0.2, 0.25) is 0 Å². The van der Waals surface area contributed by atoms with Crippen molar-refractivity contribution in [3.63, 3.8) is 0 Å². The largest absolute Gasteiger partial charge is 0.497 e. The fraction of sp³-hybridized carbons (Fsp3) is 0.231. The van der Waals surface area contributed by atoms with Crippen LogP contribution in [0.5, 0.6) is 5.75 Å². The van der Waals surface area contributed by atoms with Crippen molar-refractivity contribution in [2.75, 3.05) is 7.11 Å². The van der Waals surface area contributed by atoms with Crippen molar-refractivity contribution in [2.24, 2.45) is 5.84 Å². The summed E-state index contributed by atoms with van der Waals surface area (Å²) in [6, 6.07) is 10.2. The molecular weight excluding hydrogens is 232 g/mol. The van der Waals surface area contributed by atoms with Gasteiger partial charge in [-0.25, -0.2) is 0 Å². The van der Waals surface area contributed by atoms with E-state index >= 15 is 0 Å². The van der Waals surface area contributed by atoms with Gasteiger partial charge in [0.25, 0.3) is 0 Å². The molecule has 0 aliphatic rings. The first-order valence-electron chi connectivity index (χ1n) is 5.44. The minimum absolute atomic E-state index is 0.135. The van der Waals surface area contributed by atoms with Gasteiger partial charge in [-0.1, -0.05) is 12.1 Å². The topological polar surface area (TPSA) is 47.3 Å². The second-order valence-electron chi connectivity index (χ2n) is 3.83. The van der Waals surface area contributed by atoms with Gasteiger partial charge in [0.15, 0.2) is 0 Å². The molecule has 0 saturated carbocycles. The molecule has 0 aliphatic heterocycles. The molecule has 0 aliphatic carbocycles. The van der Waals surface area contributed by atoms with Gasteiger partial charge in [0.05, 0.1) is 13.2 Å². The molecule has 4 heteroatoms. The highest BCUT2D eigenvalue weighted by atomic mass is 32.1. The first-order chi connectivity index (χ1) is 8.33. The molecule has 0 amide bonds. The third kappa shape index (κ3) is 3.06. The molecule has 90 valence electrons. The second-order valence-corrected chi connectivity index (χ2v) is 4.61. The Balaban J connectivity index is 2.11. The maximum atomic E-state index is 5.61. The molecule has 17 heavy (non-hydrogen) atoms. The second kappa shape index (κ2) is 5.82. The van der Waals surface area contributed by atoms with Crippen LogP contribution in [0, 0.1) is 0 Å². The smallest absolute Gasteiger partial charge is 0.118 e. The SMILES string of the molecule is COc1ccc(C(Cc2ccsc2)NN)cc1. The van der Waals surface area contributed by atoms with Crippen molar-refractivity contribution in [3.05, 3.63) is 52.2 Å². The maximum absolute atomic E-state index is 5.61. The third-order valence-electron chi connectivity index (χ3n) is 2.74. The highest BCUT2D eigenvalue weighted by Gasteiger charge is 2.10. The number of thiophene rings is 1. The van der Waals surface area contributed by atoms with E-state index in [1.165, 1.54) is 11.1 Å². The summed E-state index contributed by atoms with van der Waals surface area (Å²) in [6.07, 6.45) is 0.895. The lowest BCUT2D eigenvalue weighted by Gasteiger charge is -2.16. The Labute approximate surface area is 105 Å². The molecule has 2 aromatic rings. The molecule has 3 nitrogen and oxygen atoms in total. The van der Waals surface area contributed by atoms with Gasteiger partial charge in [0, 0.05) is 0 Å². The fourth-order valence-electron chi connectivity index (χ4n) is 1.75. The lowest BCUT2D eigenvalue weighted by molar-refractivity contribution is 0.414. The van der Waals surface area contributed by atoms with Crippen molar-refractivity contribution < 1.29 is 4.74 Å². The summed E-state index contributed by atoms with van der Waals surface area (Å²) in [6.45, 7) is 0. The van der Waals surface area contributed by atoms with Gasteiger partial charge in [0.1, 0.15) is 5.75 Å². The molecule has 1 aromatic carbocycles. The highest BCUT2D eigenvalue weighted by Crippen LogP contribution is 2.21. The van der Waals surface area contributed by atoms with Crippen LogP contribution in [0.15, 0.2) is 41.1 Å². The minimum Gasteiger partial charge on any atom is -0.497 e. The molecule has 1 unspecified atom stereocenters. The van der Waals surface area contributed by atoms with E-state index in [0.717, 1.165) is 12.2 Å². The van der Waals surface area contributed by atoms with Crippen molar-refractivity contribution >= 4 is 11.3 Å². The van der Waals surface area contributed by atoms with Gasteiger partial charge >= 0.3 is 0 Å². The standard InChI is InChI=1S/C13H16N2OS/c1-16-12-4-2-11(3-5-12)13(15-14)8-10-6-7-17-9-10/h2-7,9,13,15H,8,14H2,1H3. The molecule has 0 bridgehead atoms. The van der Waals surface area contributed by atoms with Crippen LogP contribution in [-0.2, 0) is 6.42 Å². The van der Waals surface area contributed by atoms with E-state index in [2.05, 4.69) is 22.3 Å². The van der Waals surface area contributed by atoms with Gasteiger partial charge in [-0.05, 0) is 46.5 Å². The average Bonchev–Trinajstić information content (AvgIpc) is 2.89. The van der Waals surface area contributed by atoms with Crippen LogP contribution in [-0.4, -0.2) is 7.11 Å². The Bertz CT molecular complexity index is 439. The summed E-state index contributed by atoms with van der Waals surface area (Å²) >= 11 is 1.70. The van der Waals surface area contributed by atoms with E-state index in [0.29, 0.717) is 0 Å². The predicted molar refractivity (Wildman–Crippen MR) is 71.1 cm³/mol. The summed E-state index contributed by atoms with van der Waals surface area (Å²) < 4.78 is 5.14. The highest BCUT2D eigenvalue weighted by molar-refractivity contribution is 7.07. The molecule has 0 saturated heterocycles. The summed E-state index contributed by atoms with van der Waals surface area (Å²) in [7, 11) is 1.67. The predicted octanol–water partition coefficient (Wildman–Crippen LogP) is 2.50. The van der Waals surface area contributed by atoms with Crippen LogP contribution in [0.25, 0.3) is 0 Å². The summed E-state index contributed by atoms with van der Waals surface area (Å²) in [5.41, 5.74) is 5.32. The Morgan fingerprint density at radius 3 is 2.59 bits per heavy atom. The third-order valence-corrected chi connectivity index (χ3v) is 3.47. The monoisotopic (exact) mass is 248 g/mol. The summed E-state index contributed by atoms with van der Waals surface area (Å²) in [5, 5.41) is 4.23. The van der Waals surface area contributed by atoms with Crippen molar-refractivity contribution in [3.8, 4) is 5.75 Å². The average molecular weight is 248 g/mol. The van der Waals surface area contributed by atoms with Crippen molar-refractivity contribution in [1.29, 1.82) is 0 Å². The first-order valence-corrected chi connectivity index (χ1v) is 6.39. The van der Waals surface area contributed by atoms with Gasteiger partial charge in [-0.15, -0.1) is 0 Å². The van der Waals surface area contributed by atoms with Crippen molar-refractivity contribution in [2.45, 2.75) is 12.5 Å². The number of rotatable bonds is 5. The van der Waals surface area contributed by atoms with E-state index in [1.807, 2.05) is 24.3 Å². The number of ether oxygens (including phenoxy) is 1. The lowest BCUT2D eigenvalue weighted by Crippen LogP contribution is -2.29. The molecule has 1 heterocycles. The molecular formula is C13H16N2OS. The fourth-order valence-corrected chi connectivity index (χ4v) is 2.44. The zero-order chi connectivity index (χ0) is 12.1. The quantitative estimate of drug-likeness (QED) is 0.631. The molecule has 1 atom stereocenters. The van der Waals surface area contributed by atoms with E-state index in [4.69, 9.17) is 10.6 Å². The Morgan fingerprint density at radius 2 is 2.06 bits per heavy atom. The molecule has 0 radical (unpaired) electrons. The van der Waals surface area contributed by atoms with Crippen molar-refractivity contribution in [1.82, 2.24) is 5.43 Å². The van der Waals surface area contributed by atoms with E-state index in [9.17, 15) is 0 Å². The zero-order valence-corrected chi connectivity index (χ0v) is 10.5. The Kier molecular flexibility index (Phi) is 4.14. The van der Waals surface area contributed by atoms with E-state index in [1.54, 1.807) is 18.4 Å². The molecule has 0 spiro atoms. The number of hydrogen-bond donors (Lipinski definition) is 2. The Morgan fingerprint density at radius 1 is 1.29 bits per heavy atom. The number of methoxy groups -OCH3 is 1. The number of nitrogens with two attached hydrogens (primary N) is 1. The van der Waals surface area contributed by atoms with E-state index in [-0.39, 0.29) is 6.04 Å². The summed E-state index contributed by atoms with van der Waals surface area (Å²) in [4.78, 5) is 0. The van der Waals surface area contributed by atoms with Crippen LogP contribution in [0.1, 0.15) is 17.2 Å². The first kappa shape index (κ1) is 12.1. The van der Waals surface area contributed by atoms with Crippen LogP contribution in [0.4, 0.5) is 0 Å². The maximum Gasteiger partial charge on any atom is 0.118 e. The van der Waals surface area contributed by atoms with Gasteiger partial charge in [-0.3, -0.25) is 11.3 Å². The number of benzene rings is 1. The van der Waals surface area contributed by atoms with E-state index < -0.39 is 0 Å². The minimum atomic E-state index is 0.135. The van der Waals surface area contributed by atoms with Gasteiger partial charge < -0.3 is 4.74 Å². The number of nitrogens with one attached hydrogen (secondary N) is 1. The van der Waals surface area contributed by atoms with Crippen LogP contribution < -0.4 is 16.0 Å². The van der Waals surface area contributed by atoms with Crippen LogP contribution >= 0.6 is 11.3 Å². The molecule has 1 aromatic heterocycles. The molecule has 2 rings (SSSR count). The number of hydrazine groups is 1. The zero-order valence-electron chi connectivity index (χ0n) is 9.72. The lowest BCUT2D eigenvalue weighted by atomic mass is 10.0. The number of hydrogen-bond acceptors (Lipinski definition) is 4. The molecule has 3 N–H and O–H groups in total. The van der Waals surface area contributed by atoms with Crippen LogP contribution in [0.3, 0.4) is 0 Å². The van der Waals surface area contributed by atoms with Crippen LogP contribution in [0.2, 0.25) is 0 Å². The Hall–Kier alpha value is -1.36.